The molecule has 0 unspecified atom stereocenters. The lowest BCUT2D eigenvalue weighted by molar-refractivity contribution is -0.0141. The number of halogens is 1. The number of piperidine rings is 1. The van der Waals surface area contributed by atoms with Gasteiger partial charge in [-0.15, -0.1) is 0 Å². The Morgan fingerprint density at radius 2 is 1.69 bits per heavy atom. The van der Waals surface area contributed by atoms with Crippen LogP contribution in [0.5, 0.6) is 0 Å². The molecule has 1 aromatic rings. The van der Waals surface area contributed by atoms with E-state index >= 15 is 0 Å². The summed E-state index contributed by atoms with van der Waals surface area (Å²) >= 11 is 8.16. The number of likely N-dealkylation sites (tertiary alicyclic amines) is 2. The lowest BCUT2D eigenvalue weighted by Gasteiger charge is -2.41. The van der Waals surface area contributed by atoms with Crippen LogP contribution in [0.25, 0.3) is 0 Å². The predicted molar refractivity (Wildman–Crippen MR) is 108 cm³/mol. The van der Waals surface area contributed by atoms with E-state index in [0.29, 0.717) is 11.2 Å². The van der Waals surface area contributed by atoms with Crippen molar-refractivity contribution in [3.05, 3.63) is 10.0 Å². The maximum Gasteiger partial charge on any atom is 0.187 e. The lowest BCUT2D eigenvalue weighted by Crippen LogP contribution is -2.54. The van der Waals surface area contributed by atoms with Crippen LogP contribution in [0, 0.1) is 0 Å². The second-order valence-electron chi connectivity index (χ2n) is 8.01. The number of rotatable bonds is 4. The standard InChI is InChI=1S/C19H31ClN4OS/c20-18-17(26-19(21-18)24-10-5-6-11-24)14-22-12-7-15(16(25)13-22)23-8-3-1-2-4-9-23/h15-16,25H,1-14H2/t15-,16-/m1/s1. The average Bonchev–Trinajstić information content (AvgIpc) is 3.19. The molecule has 4 heterocycles. The summed E-state index contributed by atoms with van der Waals surface area (Å²) in [6, 6.07) is 0.335. The Balaban J connectivity index is 1.34. The molecule has 0 aliphatic carbocycles. The van der Waals surface area contributed by atoms with Crippen molar-refractivity contribution in [3.63, 3.8) is 0 Å². The Bertz CT molecular complexity index is 584. The first-order valence-electron chi connectivity index (χ1n) is 10.3. The van der Waals surface area contributed by atoms with Crippen molar-refractivity contribution in [2.24, 2.45) is 0 Å². The zero-order chi connectivity index (χ0) is 17.9. The van der Waals surface area contributed by atoms with E-state index in [4.69, 9.17) is 11.6 Å². The number of hydrogen-bond donors (Lipinski definition) is 1. The van der Waals surface area contributed by atoms with Crippen molar-refractivity contribution in [2.45, 2.75) is 63.6 Å². The van der Waals surface area contributed by atoms with Crippen molar-refractivity contribution < 1.29 is 5.11 Å². The van der Waals surface area contributed by atoms with Crippen molar-refractivity contribution >= 4 is 28.1 Å². The first-order chi connectivity index (χ1) is 12.7. The molecular formula is C19H31ClN4OS. The number of aromatic nitrogens is 1. The fourth-order valence-electron chi connectivity index (χ4n) is 4.65. The minimum Gasteiger partial charge on any atom is -0.390 e. The second kappa shape index (κ2) is 8.74. The van der Waals surface area contributed by atoms with Crippen LogP contribution in [-0.2, 0) is 6.54 Å². The van der Waals surface area contributed by atoms with Crippen molar-refractivity contribution in [1.29, 1.82) is 0 Å². The van der Waals surface area contributed by atoms with Gasteiger partial charge in [0.1, 0.15) is 5.15 Å². The summed E-state index contributed by atoms with van der Waals surface area (Å²) in [6.07, 6.45) is 8.54. The number of aliphatic hydroxyl groups is 1. The number of aliphatic hydroxyl groups excluding tert-OH is 1. The van der Waals surface area contributed by atoms with Gasteiger partial charge in [0, 0.05) is 38.8 Å². The molecule has 3 aliphatic heterocycles. The highest BCUT2D eigenvalue weighted by Crippen LogP contribution is 2.33. The number of nitrogens with zero attached hydrogens (tertiary/aromatic N) is 4. The highest BCUT2D eigenvalue weighted by atomic mass is 35.5. The van der Waals surface area contributed by atoms with Gasteiger partial charge in [0.25, 0.3) is 0 Å². The van der Waals surface area contributed by atoms with E-state index in [2.05, 4.69) is 19.7 Å². The summed E-state index contributed by atoms with van der Waals surface area (Å²) in [6.45, 7) is 7.10. The first kappa shape index (κ1) is 18.9. The molecule has 146 valence electrons. The average molecular weight is 399 g/mol. The quantitative estimate of drug-likeness (QED) is 0.843. The van der Waals surface area contributed by atoms with Crippen molar-refractivity contribution in [1.82, 2.24) is 14.8 Å². The van der Waals surface area contributed by atoms with Gasteiger partial charge in [0.05, 0.1) is 11.0 Å². The van der Waals surface area contributed by atoms with Gasteiger partial charge in [-0.25, -0.2) is 4.98 Å². The molecule has 4 rings (SSSR count). The minimum atomic E-state index is -0.258. The number of anilines is 1. The maximum atomic E-state index is 10.8. The predicted octanol–water partition coefficient (Wildman–Crippen LogP) is 3.21. The molecule has 3 fully saturated rings. The lowest BCUT2D eigenvalue weighted by atomic mass is 9.99. The van der Waals surface area contributed by atoms with E-state index in [-0.39, 0.29) is 6.10 Å². The Hall–Kier alpha value is -0.400. The normalized spacial score (nSPS) is 29.2. The summed E-state index contributed by atoms with van der Waals surface area (Å²) in [5.74, 6) is 0. The van der Waals surface area contributed by atoms with Gasteiger partial charge in [-0.05, 0) is 45.2 Å². The fourth-order valence-corrected chi connectivity index (χ4v) is 6.00. The molecule has 3 saturated heterocycles. The van der Waals surface area contributed by atoms with E-state index in [1.807, 2.05) is 0 Å². The number of hydrogen-bond acceptors (Lipinski definition) is 6. The summed E-state index contributed by atoms with van der Waals surface area (Å²) in [5, 5.41) is 12.5. The van der Waals surface area contributed by atoms with Gasteiger partial charge >= 0.3 is 0 Å². The van der Waals surface area contributed by atoms with Crippen LogP contribution in [0.3, 0.4) is 0 Å². The van der Waals surface area contributed by atoms with Crippen molar-refractivity contribution in [3.8, 4) is 0 Å². The molecule has 5 nitrogen and oxygen atoms in total. The smallest absolute Gasteiger partial charge is 0.187 e. The third-order valence-corrected chi connectivity index (χ3v) is 7.65. The molecule has 0 bridgehead atoms. The van der Waals surface area contributed by atoms with Gasteiger partial charge in [-0.3, -0.25) is 9.80 Å². The first-order valence-corrected chi connectivity index (χ1v) is 11.4. The van der Waals surface area contributed by atoms with Crippen LogP contribution in [0.15, 0.2) is 0 Å². The molecular weight excluding hydrogens is 368 g/mol. The van der Waals surface area contributed by atoms with Crippen LogP contribution in [-0.4, -0.2) is 71.3 Å². The largest absolute Gasteiger partial charge is 0.390 e. The third kappa shape index (κ3) is 4.36. The van der Waals surface area contributed by atoms with Crippen LogP contribution in [0.4, 0.5) is 5.13 Å². The Labute approximate surface area is 165 Å². The molecule has 1 aromatic heterocycles. The Morgan fingerprint density at radius 1 is 1.00 bits per heavy atom. The molecule has 1 N–H and O–H groups in total. The Kier molecular flexibility index (Phi) is 6.36. The zero-order valence-corrected chi connectivity index (χ0v) is 17.1. The van der Waals surface area contributed by atoms with E-state index in [0.717, 1.165) is 62.2 Å². The Morgan fingerprint density at radius 3 is 2.38 bits per heavy atom. The fraction of sp³-hybridized carbons (Fsp3) is 0.842. The molecule has 0 radical (unpaired) electrons. The molecule has 0 saturated carbocycles. The van der Waals surface area contributed by atoms with Crippen LogP contribution >= 0.6 is 22.9 Å². The summed E-state index contributed by atoms with van der Waals surface area (Å²) in [7, 11) is 0. The van der Waals surface area contributed by atoms with Gasteiger partial charge in [0.15, 0.2) is 5.13 Å². The maximum absolute atomic E-state index is 10.8. The molecule has 3 aliphatic rings. The van der Waals surface area contributed by atoms with Crippen LogP contribution < -0.4 is 4.90 Å². The van der Waals surface area contributed by atoms with Crippen LogP contribution in [0.2, 0.25) is 5.15 Å². The molecule has 0 spiro atoms. The van der Waals surface area contributed by atoms with E-state index in [1.165, 1.54) is 38.5 Å². The summed E-state index contributed by atoms with van der Waals surface area (Å²) in [5.41, 5.74) is 0. The zero-order valence-electron chi connectivity index (χ0n) is 15.6. The topological polar surface area (TPSA) is 42.8 Å². The molecule has 26 heavy (non-hydrogen) atoms. The van der Waals surface area contributed by atoms with Gasteiger partial charge in [-0.1, -0.05) is 35.8 Å². The molecule has 2 atom stereocenters. The molecule has 0 amide bonds. The van der Waals surface area contributed by atoms with E-state index in [1.54, 1.807) is 11.3 Å². The van der Waals surface area contributed by atoms with Gasteiger partial charge in [-0.2, -0.15) is 0 Å². The number of β-amino-alcohol motifs (C(OH)–C–C–N with tert-alkyl or cyclic N) is 1. The third-order valence-electron chi connectivity index (χ3n) is 6.12. The summed E-state index contributed by atoms with van der Waals surface area (Å²) < 4.78 is 0. The monoisotopic (exact) mass is 398 g/mol. The summed E-state index contributed by atoms with van der Waals surface area (Å²) in [4.78, 5) is 13.0. The minimum absolute atomic E-state index is 0.258. The van der Waals surface area contributed by atoms with Crippen LogP contribution in [0.1, 0.15) is 49.8 Å². The highest BCUT2D eigenvalue weighted by molar-refractivity contribution is 7.16. The SMILES string of the molecule is O[C@@H]1CN(Cc2sc(N3CCCC3)nc2Cl)CC[C@H]1N1CCCCCC1. The molecule has 0 aromatic carbocycles. The second-order valence-corrected chi connectivity index (χ2v) is 9.43. The highest BCUT2D eigenvalue weighted by Gasteiger charge is 2.32. The van der Waals surface area contributed by atoms with Gasteiger partial charge < -0.3 is 10.0 Å². The van der Waals surface area contributed by atoms with Crippen molar-refractivity contribution in [2.75, 3.05) is 44.2 Å². The van der Waals surface area contributed by atoms with E-state index < -0.39 is 0 Å². The molecule has 7 heteroatoms. The van der Waals surface area contributed by atoms with E-state index in [9.17, 15) is 5.11 Å². The number of thiazole rings is 1. The van der Waals surface area contributed by atoms with Gasteiger partial charge in [0.2, 0.25) is 0 Å².